The Bertz CT molecular complexity index is 309. The van der Waals surface area contributed by atoms with E-state index in [2.05, 4.69) is 5.32 Å². The minimum atomic E-state index is -0.0452. The molecule has 2 heterocycles. The summed E-state index contributed by atoms with van der Waals surface area (Å²) in [5, 5.41) is 4.60. The van der Waals surface area contributed by atoms with Gasteiger partial charge in [-0.25, -0.2) is 0 Å². The molecule has 2 aliphatic heterocycles. The van der Waals surface area contributed by atoms with Gasteiger partial charge < -0.3 is 5.32 Å². The molecule has 0 aromatic carbocycles. The molecule has 0 atom stereocenters. The number of allylic oxidation sites excluding steroid dienone is 2. The molecule has 1 N–H and O–H groups in total. The summed E-state index contributed by atoms with van der Waals surface area (Å²) in [6.45, 7) is 0. The Balaban J connectivity index is 2.29. The van der Waals surface area contributed by atoms with E-state index in [-0.39, 0.29) is 5.91 Å². The SMILES string of the molecule is O=C1NC(=S)S/C1=C1\CC=CS1. The van der Waals surface area contributed by atoms with Crippen LogP contribution in [0.1, 0.15) is 6.42 Å². The Morgan fingerprint density at radius 1 is 1.58 bits per heavy atom. The Morgan fingerprint density at radius 3 is 2.92 bits per heavy atom. The zero-order valence-electron chi connectivity index (χ0n) is 5.99. The van der Waals surface area contributed by atoms with Gasteiger partial charge in [0.05, 0.1) is 4.91 Å². The molecule has 2 nitrogen and oxygen atoms in total. The second kappa shape index (κ2) is 3.24. The standard InChI is InChI=1S/C7H5NOS3/c9-6-5(12-7(10)8-6)4-2-1-3-11-4/h1,3H,2H2,(H,8,9,10)/b5-4+. The number of carbonyl (C=O) groups is 1. The van der Waals surface area contributed by atoms with Crippen LogP contribution in [0.15, 0.2) is 21.3 Å². The predicted molar refractivity (Wildman–Crippen MR) is 56.7 cm³/mol. The van der Waals surface area contributed by atoms with Gasteiger partial charge in [-0.05, 0) is 11.8 Å². The van der Waals surface area contributed by atoms with Crippen molar-refractivity contribution in [1.82, 2.24) is 5.32 Å². The molecule has 1 amide bonds. The Labute approximate surface area is 83.9 Å². The second-order valence-corrected chi connectivity index (χ2v) is 4.98. The normalized spacial score (nSPS) is 28.3. The van der Waals surface area contributed by atoms with Gasteiger partial charge in [0.25, 0.3) is 5.91 Å². The van der Waals surface area contributed by atoms with E-state index < -0.39 is 0 Å². The lowest BCUT2D eigenvalue weighted by atomic mass is 10.3. The van der Waals surface area contributed by atoms with Crippen molar-refractivity contribution in [2.24, 2.45) is 0 Å². The van der Waals surface area contributed by atoms with Gasteiger partial charge in [-0.1, -0.05) is 30.1 Å². The van der Waals surface area contributed by atoms with Crippen LogP contribution in [-0.2, 0) is 4.79 Å². The van der Waals surface area contributed by atoms with E-state index >= 15 is 0 Å². The second-order valence-electron chi connectivity index (χ2n) is 2.29. The van der Waals surface area contributed by atoms with Crippen molar-refractivity contribution in [3.05, 3.63) is 21.3 Å². The van der Waals surface area contributed by atoms with Crippen LogP contribution in [0.2, 0.25) is 0 Å². The first-order valence-electron chi connectivity index (χ1n) is 3.35. The van der Waals surface area contributed by atoms with Crippen LogP contribution in [0.5, 0.6) is 0 Å². The third-order valence-electron chi connectivity index (χ3n) is 1.48. The molecule has 2 aliphatic rings. The molecule has 0 unspecified atom stereocenters. The number of hydrogen-bond acceptors (Lipinski definition) is 4. The lowest BCUT2D eigenvalue weighted by molar-refractivity contribution is -0.115. The molecule has 0 bridgehead atoms. The van der Waals surface area contributed by atoms with Crippen LogP contribution >= 0.6 is 35.7 Å². The average Bonchev–Trinajstić information content (AvgIpc) is 2.58. The van der Waals surface area contributed by atoms with Crippen molar-refractivity contribution in [3.8, 4) is 0 Å². The Morgan fingerprint density at radius 2 is 2.42 bits per heavy atom. The number of nitrogens with one attached hydrogen (secondary N) is 1. The molecule has 5 heteroatoms. The van der Waals surface area contributed by atoms with Crippen molar-refractivity contribution in [2.45, 2.75) is 6.42 Å². The molecule has 0 saturated carbocycles. The van der Waals surface area contributed by atoms with Crippen LogP contribution in [0, 0.1) is 0 Å². The number of hydrogen-bond donors (Lipinski definition) is 1. The smallest absolute Gasteiger partial charge is 0.264 e. The third-order valence-corrected chi connectivity index (χ3v) is 3.87. The summed E-state index contributed by atoms with van der Waals surface area (Å²) in [7, 11) is 0. The molecule has 2 rings (SSSR count). The third kappa shape index (κ3) is 1.44. The van der Waals surface area contributed by atoms with Gasteiger partial charge in [0.1, 0.15) is 4.32 Å². The number of carbonyl (C=O) groups excluding carboxylic acids is 1. The van der Waals surface area contributed by atoms with Crippen LogP contribution in [0.25, 0.3) is 0 Å². The van der Waals surface area contributed by atoms with Gasteiger partial charge >= 0.3 is 0 Å². The number of thiocarbonyl (C=S) groups is 1. The van der Waals surface area contributed by atoms with E-state index in [1.807, 2.05) is 11.5 Å². The van der Waals surface area contributed by atoms with E-state index in [4.69, 9.17) is 12.2 Å². The highest BCUT2D eigenvalue weighted by Gasteiger charge is 2.26. The molecule has 1 saturated heterocycles. The zero-order valence-corrected chi connectivity index (χ0v) is 8.44. The van der Waals surface area contributed by atoms with Crippen molar-refractivity contribution in [3.63, 3.8) is 0 Å². The number of rotatable bonds is 0. The van der Waals surface area contributed by atoms with E-state index in [9.17, 15) is 4.79 Å². The van der Waals surface area contributed by atoms with Crippen molar-refractivity contribution in [2.75, 3.05) is 0 Å². The van der Waals surface area contributed by atoms with Crippen LogP contribution < -0.4 is 5.32 Å². The predicted octanol–water partition coefficient (Wildman–Crippen LogP) is 2.00. The molecule has 0 aromatic heterocycles. The van der Waals surface area contributed by atoms with E-state index in [0.29, 0.717) is 4.32 Å². The number of amides is 1. The maximum Gasteiger partial charge on any atom is 0.264 e. The summed E-state index contributed by atoms with van der Waals surface area (Å²) < 4.78 is 0.565. The molecular weight excluding hydrogens is 210 g/mol. The number of thioether (sulfide) groups is 2. The van der Waals surface area contributed by atoms with Crippen molar-refractivity contribution < 1.29 is 4.79 Å². The summed E-state index contributed by atoms with van der Waals surface area (Å²) in [4.78, 5) is 13.1. The highest BCUT2D eigenvalue weighted by atomic mass is 32.2. The Hall–Kier alpha value is -0.260. The lowest BCUT2D eigenvalue weighted by Gasteiger charge is -1.96. The first-order chi connectivity index (χ1) is 5.77. The van der Waals surface area contributed by atoms with Gasteiger partial charge in [0.15, 0.2) is 0 Å². The molecule has 0 radical (unpaired) electrons. The molecule has 62 valence electrons. The van der Waals surface area contributed by atoms with Gasteiger partial charge in [0, 0.05) is 4.91 Å². The lowest BCUT2D eigenvalue weighted by Crippen LogP contribution is -2.18. The fourth-order valence-corrected chi connectivity index (χ4v) is 3.01. The summed E-state index contributed by atoms with van der Waals surface area (Å²) in [5.74, 6) is -0.0452. The zero-order chi connectivity index (χ0) is 8.55. The van der Waals surface area contributed by atoms with E-state index in [0.717, 1.165) is 16.2 Å². The quantitative estimate of drug-likeness (QED) is 0.494. The summed E-state index contributed by atoms with van der Waals surface area (Å²) in [6, 6.07) is 0. The molecule has 0 spiro atoms. The Kier molecular flexibility index (Phi) is 2.25. The summed E-state index contributed by atoms with van der Waals surface area (Å²) in [5.41, 5.74) is 0. The van der Waals surface area contributed by atoms with Crippen molar-refractivity contribution in [1.29, 1.82) is 0 Å². The van der Waals surface area contributed by atoms with Gasteiger partial charge in [-0.3, -0.25) is 4.79 Å². The van der Waals surface area contributed by atoms with Crippen molar-refractivity contribution >= 4 is 46.0 Å². The molecule has 0 aromatic rings. The highest BCUT2D eigenvalue weighted by Crippen LogP contribution is 2.38. The van der Waals surface area contributed by atoms with Crippen LogP contribution in [0.4, 0.5) is 0 Å². The van der Waals surface area contributed by atoms with Gasteiger partial charge in [-0.15, -0.1) is 11.8 Å². The minimum Gasteiger partial charge on any atom is -0.307 e. The minimum absolute atomic E-state index is 0.0452. The largest absolute Gasteiger partial charge is 0.307 e. The first-order valence-corrected chi connectivity index (χ1v) is 5.46. The van der Waals surface area contributed by atoms with E-state index in [1.165, 1.54) is 11.8 Å². The highest BCUT2D eigenvalue weighted by molar-refractivity contribution is 8.27. The molecule has 0 aliphatic carbocycles. The van der Waals surface area contributed by atoms with Gasteiger partial charge in [0.2, 0.25) is 0 Å². The average molecular weight is 215 g/mol. The summed E-state index contributed by atoms with van der Waals surface area (Å²) in [6.07, 6.45) is 2.91. The van der Waals surface area contributed by atoms with E-state index in [1.54, 1.807) is 11.8 Å². The molecule has 1 fully saturated rings. The monoisotopic (exact) mass is 215 g/mol. The fraction of sp³-hybridized carbons (Fsp3) is 0.143. The molecular formula is C7H5NOS3. The first kappa shape index (κ1) is 8.34. The van der Waals surface area contributed by atoms with Gasteiger partial charge in [-0.2, -0.15) is 0 Å². The molecule has 12 heavy (non-hydrogen) atoms. The van der Waals surface area contributed by atoms with Crippen LogP contribution in [0.3, 0.4) is 0 Å². The summed E-state index contributed by atoms with van der Waals surface area (Å²) >= 11 is 7.84. The fourth-order valence-electron chi connectivity index (χ4n) is 0.977. The topological polar surface area (TPSA) is 29.1 Å². The maximum atomic E-state index is 11.3. The maximum absolute atomic E-state index is 11.3. The van der Waals surface area contributed by atoms with Crippen LogP contribution in [-0.4, -0.2) is 10.2 Å².